The summed E-state index contributed by atoms with van der Waals surface area (Å²) in [5.41, 5.74) is 0.403. The maximum absolute atomic E-state index is 12.9. The number of amides is 1. The smallest absolute Gasteiger partial charge is 0.257 e. The molecule has 1 aliphatic rings. The van der Waals surface area contributed by atoms with E-state index in [-0.39, 0.29) is 5.91 Å². The van der Waals surface area contributed by atoms with E-state index >= 15 is 0 Å². The lowest BCUT2D eigenvalue weighted by atomic mass is 10.1. The summed E-state index contributed by atoms with van der Waals surface area (Å²) in [5, 5.41) is 12.5. The van der Waals surface area contributed by atoms with Gasteiger partial charge in [-0.3, -0.25) is 15.0 Å². The maximum atomic E-state index is 12.9. The van der Waals surface area contributed by atoms with Gasteiger partial charge in [0.1, 0.15) is 5.01 Å². The van der Waals surface area contributed by atoms with Crippen molar-refractivity contribution in [2.45, 2.75) is 27.2 Å². The van der Waals surface area contributed by atoms with Gasteiger partial charge in [0.05, 0.1) is 33.0 Å². The number of hydrogen-bond acceptors (Lipinski definition) is 9. The summed E-state index contributed by atoms with van der Waals surface area (Å²) >= 11 is 1.39. The van der Waals surface area contributed by atoms with Crippen LogP contribution in [0.25, 0.3) is 0 Å². The van der Waals surface area contributed by atoms with Crippen LogP contribution in [0.3, 0.4) is 0 Å². The van der Waals surface area contributed by atoms with E-state index in [1.807, 2.05) is 20.8 Å². The van der Waals surface area contributed by atoms with Crippen molar-refractivity contribution in [3.8, 4) is 17.2 Å². The molecular weight excluding hydrogens is 420 g/mol. The predicted octanol–water partition coefficient (Wildman–Crippen LogP) is 2.86. The van der Waals surface area contributed by atoms with Crippen LogP contribution in [0.5, 0.6) is 17.2 Å². The van der Waals surface area contributed by atoms with Crippen molar-refractivity contribution in [3.63, 3.8) is 0 Å². The zero-order chi connectivity index (χ0) is 22.1. The minimum Gasteiger partial charge on any atom is -0.490 e. The Kier molecular flexibility index (Phi) is 8.86. The molecule has 0 atom stereocenters. The molecule has 3 rings (SSSR count). The topological polar surface area (TPSA) is 95.0 Å². The average Bonchev–Trinajstić information content (AvgIpc) is 3.22. The van der Waals surface area contributed by atoms with Gasteiger partial charge in [0.25, 0.3) is 5.91 Å². The Morgan fingerprint density at radius 2 is 1.71 bits per heavy atom. The quantitative estimate of drug-likeness (QED) is 0.558. The standard InChI is InChI=1S/C21H30N4O5S/c1-4-28-16-13-15(14-17(29-5-2)19(16)30-6-3)20(26)22-21-24-23-18(31-21)7-8-25-9-11-27-12-10-25/h13-14H,4-12H2,1-3H3,(H,22,24,26). The fourth-order valence-corrected chi connectivity index (χ4v) is 3.90. The number of aromatic nitrogens is 2. The Morgan fingerprint density at radius 3 is 2.32 bits per heavy atom. The van der Waals surface area contributed by atoms with Crippen LogP contribution in [0, 0.1) is 0 Å². The molecule has 9 nitrogen and oxygen atoms in total. The van der Waals surface area contributed by atoms with Gasteiger partial charge in [-0.15, -0.1) is 10.2 Å². The summed E-state index contributed by atoms with van der Waals surface area (Å²) < 4.78 is 22.4. The SMILES string of the molecule is CCOc1cc(C(=O)Nc2nnc(CCN3CCOCC3)s2)cc(OCC)c1OCC. The first-order chi connectivity index (χ1) is 15.1. The highest BCUT2D eigenvalue weighted by Gasteiger charge is 2.19. The summed E-state index contributed by atoms with van der Waals surface area (Å²) in [6.45, 7) is 11.3. The first-order valence-electron chi connectivity index (χ1n) is 10.6. The molecule has 1 fully saturated rings. The fourth-order valence-electron chi connectivity index (χ4n) is 3.17. The van der Waals surface area contributed by atoms with E-state index in [2.05, 4.69) is 20.4 Å². The second kappa shape index (κ2) is 11.8. The van der Waals surface area contributed by atoms with Gasteiger partial charge in [-0.05, 0) is 32.9 Å². The summed E-state index contributed by atoms with van der Waals surface area (Å²) in [6, 6.07) is 3.32. The molecule has 0 saturated carbocycles. The van der Waals surface area contributed by atoms with Crippen molar-refractivity contribution >= 4 is 22.4 Å². The van der Waals surface area contributed by atoms with Crippen LogP contribution in [-0.4, -0.2) is 73.7 Å². The molecule has 0 radical (unpaired) electrons. The molecule has 170 valence electrons. The molecule has 2 aromatic rings. The zero-order valence-corrected chi connectivity index (χ0v) is 19.1. The molecule has 1 aromatic heterocycles. The van der Waals surface area contributed by atoms with Crippen molar-refractivity contribution < 1.29 is 23.7 Å². The summed E-state index contributed by atoms with van der Waals surface area (Å²) in [6.07, 6.45) is 0.791. The number of morpholine rings is 1. The molecule has 1 saturated heterocycles. The third-order valence-corrected chi connectivity index (χ3v) is 5.50. The van der Waals surface area contributed by atoms with Gasteiger partial charge >= 0.3 is 0 Å². The van der Waals surface area contributed by atoms with Crippen LogP contribution in [-0.2, 0) is 11.2 Å². The van der Waals surface area contributed by atoms with Crippen molar-refractivity contribution in [3.05, 3.63) is 22.7 Å². The molecule has 0 spiro atoms. The molecule has 1 N–H and O–H groups in total. The lowest BCUT2D eigenvalue weighted by Gasteiger charge is -2.25. The maximum Gasteiger partial charge on any atom is 0.257 e. The van der Waals surface area contributed by atoms with Crippen molar-refractivity contribution in [2.24, 2.45) is 0 Å². The molecule has 0 bridgehead atoms. The highest BCUT2D eigenvalue weighted by Crippen LogP contribution is 2.39. The minimum atomic E-state index is -0.305. The van der Waals surface area contributed by atoms with Gasteiger partial charge in [0.15, 0.2) is 11.5 Å². The van der Waals surface area contributed by atoms with Crippen LogP contribution >= 0.6 is 11.3 Å². The molecule has 1 aliphatic heterocycles. The molecular formula is C21H30N4O5S. The molecule has 0 aliphatic carbocycles. The molecule has 31 heavy (non-hydrogen) atoms. The number of nitrogens with one attached hydrogen (secondary N) is 1. The third-order valence-electron chi connectivity index (χ3n) is 4.60. The molecule has 0 unspecified atom stereocenters. The Hall–Kier alpha value is -2.43. The first kappa shape index (κ1) is 23.2. The first-order valence-corrected chi connectivity index (χ1v) is 11.5. The fraction of sp³-hybridized carbons (Fsp3) is 0.571. The van der Waals surface area contributed by atoms with Crippen LogP contribution in [0.15, 0.2) is 12.1 Å². The zero-order valence-electron chi connectivity index (χ0n) is 18.3. The average molecular weight is 451 g/mol. The van der Waals surface area contributed by atoms with Gasteiger partial charge in [-0.25, -0.2) is 0 Å². The van der Waals surface area contributed by atoms with Crippen LogP contribution in [0.1, 0.15) is 36.1 Å². The molecule has 1 aromatic carbocycles. The van der Waals surface area contributed by atoms with Gasteiger partial charge in [0, 0.05) is 31.6 Å². The normalized spacial score (nSPS) is 14.3. The highest BCUT2D eigenvalue weighted by molar-refractivity contribution is 7.15. The Balaban J connectivity index is 1.68. The Bertz CT molecular complexity index is 827. The Morgan fingerprint density at radius 1 is 1.06 bits per heavy atom. The van der Waals surface area contributed by atoms with Crippen molar-refractivity contribution in [1.82, 2.24) is 15.1 Å². The van der Waals surface area contributed by atoms with Gasteiger partial charge in [-0.2, -0.15) is 0 Å². The van der Waals surface area contributed by atoms with Crippen molar-refractivity contribution in [2.75, 3.05) is 58.0 Å². The molecule has 1 amide bonds. The van der Waals surface area contributed by atoms with E-state index in [4.69, 9.17) is 18.9 Å². The number of carbonyl (C=O) groups is 1. The monoisotopic (exact) mass is 450 g/mol. The van der Waals surface area contributed by atoms with Crippen molar-refractivity contribution in [1.29, 1.82) is 0 Å². The summed E-state index contributed by atoms with van der Waals surface area (Å²) in [4.78, 5) is 15.2. The van der Waals surface area contributed by atoms with E-state index in [0.29, 0.717) is 47.8 Å². The van der Waals surface area contributed by atoms with Crippen LogP contribution in [0.4, 0.5) is 5.13 Å². The lowest BCUT2D eigenvalue weighted by molar-refractivity contribution is 0.0384. The number of ether oxygens (including phenoxy) is 4. The number of nitrogens with zero attached hydrogens (tertiary/aromatic N) is 3. The number of rotatable bonds is 11. The van der Waals surface area contributed by atoms with E-state index in [0.717, 1.165) is 44.3 Å². The number of hydrogen-bond donors (Lipinski definition) is 1. The number of benzene rings is 1. The summed E-state index contributed by atoms with van der Waals surface area (Å²) in [5.74, 6) is 1.15. The Labute approximate surface area is 186 Å². The second-order valence-corrected chi connectivity index (χ2v) is 7.82. The number of carbonyl (C=O) groups excluding carboxylic acids is 1. The highest BCUT2D eigenvalue weighted by atomic mass is 32.1. The molecule has 10 heteroatoms. The van der Waals surface area contributed by atoms with Crippen LogP contribution < -0.4 is 19.5 Å². The predicted molar refractivity (Wildman–Crippen MR) is 119 cm³/mol. The van der Waals surface area contributed by atoms with E-state index < -0.39 is 0 Å². The van der Waals surface area contributed by atoms with E-state index in [1.54, 1.807) is 12.1 Å². The number of anilines is 1. The lowest BCUT2D eigenvalue weighted by Crippen LogP contribution is -2.37. The van der Waals surface area contributed by atoms with Gasteiger partial charge in [0.2, 0.25) is 10.9 Å². The van der Waals surface area contributed by atoms with Gasteiger partial charge < -0.3 is 18.9 Å². The minimum absolute atomic E-state index is 0.305. The largest absolute Gasteiger partial charge is 0.490 e. The molecule has 2 heterocycles. The third kappa shape index (κ3) is 6.52. The van der Waals surface area contributed by atoms with Crippen LogP contribution in [0.2, 0.25) is 0 Å². The summed E-state index contributed by atoms with van der Waals surface area (Å²) in [7, 11) is 0. The van der Waals surface area contributed by atoms with Gasteiger partial charge in [-0.1, -0.05) is 11.3 Å². The second-order valence-electron chi connectivity index (χ2n) is 6.76. The van der Waals surface area contributed by atoms with E-state index in [9.17, 15) is 4.79 Å². The van der Waals surface area contributed by atoms with E-state index in [1.165, 1.54) is 11.3 Å².